The number of benzene rings is 6. The van der Waals surface area contributed by atoms with Crippen LogP contribution in [0.3, 0.4) is 0 Å². The van der Waals surface area contributed by atoms with Gasteiger partial charge in [0.25, 0.3) is 0 Å². The van der Waals surface area contributed by atoms with Gasteiger partial charge < -0.3 is 9.80 Å². The SMILES string of the molecule is CN(C)Cc1ccccc1[Si](Cl)(c1ccccc1CN(C)C)[Si](c1ccccc1)(c1ccccc1)[Si](Cl)(c1ccccc1)c1ccccc1. The minimum atomic E-state index is -3.50. The first-order chi connectivity index (χ1) is 23.7. The van der Waals surface area contributed by atoms with Crippen molar-refractivity contribution in [2.24, 2.45) is 0 Å². The second kappa shape index (κ2) is 15.2. The van der Waals surface area contributed by atoms with Crippen LogP contribution in [0.15, 0.2) is 170 Å². The van der Waals surface area contributed by atoms with E-state index in [1.165, 1.54) is 42.2 Å². The van der Waals surface area contributed by atoms with Crippen molar-refractivity contribution in [3.8, 4) is 0 Å². The molecular weight excluding hydrogens is 688 g/mol. The molecule has 0 bridgehead atoms. The van der Waals surface area contributed by atoms with Crippen molar-refractivity contribution in [3.63, 3.8) is 0 Å². The normalized spacial score (nSPS) is 12.4. The lowest BCUT2D eigenvalue weighted by Crippen LogP contribution is -2.96. The summed E-state index contributed by atoms with van der Waals surface area (Å²) < 4.78 is 0. The van der Waals surface area contributed by atoms with Crippen molar-refractivity contribution in [3.05, 3.63) is 181 Å². The van der Waals surface area contributed by atoms with Crippen molar-refractivity contribution in [1.29, 1.82) is 0 Å². The van der Waals surface area contributed by atoms with E-state index in [2.05, 4.69) is 208 Å². The Morgan fingerprint density at radius 3 is 0.980 bits per heavy atom. The highest BCUT2D eigenvalue weighted by Crippen LogP contribution is 2.36. The molecule has 0 radical (unpaired) electrons. The molecule has 6 aromatic rings. The smallest absolute Gasteiger partial charge is 0.216 e. The molecule has 0 fully saturated rings. The predicted octanol–water partition coefficient (Wildman–Crippen LogP) is 5.53. The first-order valence-electron chi connectivity index (χ1n) is 16.8. The predicted molar refractivity (Wildman–Crippen MR) is 220 cm³/mol. The zero-order chi connectivity index (χ0) is 34.5. The summed E-state index contributed by atoms with van der Waals surface area (Å²) in [5, 5.41) is 7.43. The second-order valence-corrected chi connectivity index (χ2v) is 36.6. The Morgan fingerprint density at radius 2 is 0.653 bits per heavy atom. The molecule has 248 valence electrons. The molecule has 0 amide bonds. The van der Waals surface area contributed by atoms with E-state index in [1.54, 1.807) is 0 Å². The number of nitrogens with zero attached hydrogens (tertiary/aromatic N) is 2. The topological polar surface area (TPSA) is 6.48 Å². The van der Waals surface area contributed by atoms with Crippen LogP contribution in [0, 0.1) is 0 Å². The minimum Gasteiger partial charge on any atom is -0.305 e. The fraction of sp³-hybridized carbons (Fsp3) is 0.143. The highest BCUT2D eigenvalue weighted by Gasteiger charge is 2.72. The van der Waals surface area contributed by atoms with Crippen LogP contribution in [0.1, 0.15) is 11.1 Å². The van der Waals surface area contributed by atoms with Gasteiger partial charge in [-0.3, -0.25) is 0 Å². The quantitative estimate of drug-likeness (QED) is 0.121. The van der Waals surface area contributed by atoms with E-state index in [0.717, 1.165) is 13.1 Å². The van der Waals surface area contributed by atoms with Crippen LogP contribution in [0.4, 0.5) is 0 Å². The Bertz CT molecular complexity index is 1820. The highest BCUT2D eigenvalue weighted by atomic mass is 35.6. The van der Waals surface area contributed by atoms with Crippen LogP contribution in [-0.2, 0) is 13.1 Å². The molecule has 0 N–H and O–H groups in total. The van der Waals surface area contributed by atoms with Gasteiger partial charge in [0.2, 0.25) is 13.8 Å². The highest BCUT2D eigenvalue weighted by molar-refractivity contribution is 7.98. The van der Waals surface area contributed by atoms with Crippen LogP contribution in [-0.4, -0.2) is 58.9 Å². The lowest BCUT2D eigenvalue weighted by molar-refractivity contribution is 0.403. The molecule has 6 rings (SSSR count). The summed E-state index contributed by atoms with van der Waals surface area (Å²) in [6.07, 6.45) is 0. The first-order valence-corrected chi connectivity index (χ1v) is 26.8. The summed E-state index contributed by atoms with van der Waals surface area (Å²) in [6.45, 7) is -5.33. The Labute approximate surface area is 304 Å². The van der Waals surface area contributed by atoms with Gasteiger partial charge in [0.05, 0.1) is 0 Å². The maximum Gasteiger partial charge on any atom is 0.216 e. The third-order valence-corrected chi connectivity index (χ3v) is 49.0. The second-order valence-electron chi connectivity index (χ2n) is 13.3. The van der Waals surface area contributed by atoms with E-state index < -0.39 is 20.9 Å². The van der Waals surface area contributed by atoms with Crippen LogP contribution >= 0.6 is 22.2 Å². The molecule has 2 nitrogen and oxygen atoms in total. The third-order valence-electron chi connectivity index (χ3n) is 9.54. The zero-order valence-corrected chi connectivity index (χ0v) is 33.2. The maximum absolute atomic E-state index is 9.26. The summed E-state index contributed by atoms with van der Waals surface area (Å²) in [4.78, 5) is 4.51. The van der Waals surface area contributed by atoms with Gasteiger partial charge in [0, 0.05) is 13.1 Å². The van der Waals surface area contributed by atoms with Crippen molar-refractivity contribution in [1.82, 2.24) is 9.80 Å². The van der Waals surface area contributed by atoms with Crippen LogP contribution in [0.2, 0.25) is 0 Å². The van der Waals surface area contributed by atoms with Gasteiger partial charge >= 0.3 is 0 Å². The molecule has 0 aliphatic heterocycles. The van der Waals surface area contributed by atoms with Crippen LogP contribution in [0.25, 0.3) is 0 Å². The molecule has 0 saturated heterocycles. The van der Waals surface area contributed by atoms with E-state index in [0.29, 0.717) is 0 Å². The fourth-order valence-corrected chi connectivity index (χ4v) is 56.7. The summed E-state index contributed by atoms with van der Waals surface area (Å²) in [5.41, 5.74) is 2.51. The molecule has 49 heavy (non-hydrogen) atoms. The maximum atomic E-state index is 9.26. The summed E-state index contributed by atoms with van der Waals surface area (Å²) >= 11 is 18.3. The number of halogens is 2. The molecule has 0 spiro atoms. The molecule has 0 aliphatic rings. The Morgan fingerprint density at radius 1 is 0.367 bits per heavy atom. The Hall–Kier alpha value is -3.53. The molecule has 0 atom stereocenters. The molecule has 0 aromatic heterocycles. The van der Waals surface area contributed by atoms with Crippen LogP contribution in [0.5, 0.6) is 0 Å². The Kier molecular flexibility index (Phi) is 10.9. The van der Waals surface area contributed by atoms with Gasteiger partial charge in [-0.05, 0) is 60.1 Å². The van der Waals surface area contributed by atoms with Gasteiger partial charge in [-0.2, -0.15) is 22.2 Å². The van der Waals surface area contributed by atoms with Crippen molar-refractivity contribution < 1.29 is 0 Å². The molecular formula is C42H44Cl2N2Si3. The van der Waals surface area contributed by atoms with E-state index in [4.69, 9.17) is 11.1 Å². The standard InChI is InChI=1S/C42H44Cl2N2Si3/c1-45(2)33-35-21-17-19-31-41(35)48(44,42-32-20-18-22-36(42)34-46(3)4)49(39-27-13-7-14-28-39,40-29-15-8-16-30-40)47(43,37-23-9-5-10-24-37)38-25-11-6-12-26-38/h5-32H,33-34H2,1-4H3. The monoisotopic (exact) mass is 730 g/mol. The van der Waals surface area contributed by atoms with E-state index in [-0.39, 0.29) is 0 Å². The van der Waals surface area contributed by atoms with Gasteiger partial charge in [0.1, 0.15) is 0 Å². The van der Waals surface area contributed by atoms with Crippen molar-refractivity contribution >= 4 is 74.2 Å². The summed E-state index contributed by atoms with van der Waals surface area (Å²) in [6, 6.07) is 62.1. The Balaban J connectivity index is 1.95. The van der Waals surface area contributed by atoms with Gasteiger partial charge in [-0.25, -0.2) is 0 Å². The largest absolute Gasteiger partial charge is 0.305 e. The zero-order valence-electron chi connectivity index (χ0n) is 28.7. The molecule has 0 unspecified atom stereocenters. The first kappa shape index (κ1) is 35.3. The lowest BCUT2D eigenvalue weighted by atomic mass is 10.2. The number of hydrogen-bond donors (Lipinski definition) is 0. The third kappa shape index (κ3) is 6.34. The van der Waals surface area contributed by atoms with E-state index >= 15 is 0 Å². The number of rotatable bonds is 12. The van der Waals surface area contributed by atoms with Gasteiger partial charge in [-0.1, -0.05) is 180 Å². The summed E-state index contributed by atoms with van der Waals surface area (Å²) in [7, 11) is 5.15. The minimum absolute atomic E-state index is 0.773. The fourth-order valence-electron chi connectivity index (χ4n) is 7.73. The van der Waals surface area contributed by atoms with E-state index in [9.17, 15) is 11.1 Å². The average Bonchev–Trinajstić information content (AvgIpc) is 3.13. The molecule has 7 heteroatoms. The van der Waals surface area contributed by atoms with Gasteiger partial charge in [0.15, 0.2) is 7.11 Å². The van der Waals surface area contributed by atoms with Crippen molar-refractivity contribution in [2.45, 2.75) is 13.1 Å². The molecule has 0 heterocycles. The number of hydrogen-bond acceptors (Lipinski definition) is 2. The molecule has 6 aromatic carbocycles. The average molecular weight is 732 g/mol. The molecule has 0 aliphatic carbocycles. The van der Waals surface area contributed by atoms with E-state index in [1.807, 2.05) is 0 Å². The summed E-state index contributed by atoms with van der Waals surface area (Å²) in [5.74, 6) is 0. The van der Waals surface area contributed by atoms with Gasteiger partial charge in [-0.15, -0.1) is 0 Å². The molecule has 0 saturated carbocycles. The lowest BCUT2D eigenvalue weighted by Gasteiger charge is -2.54. The van der Waals surface area contributed by atoms with Crippen molar-refractivity contribution in [2.75, 3.05) is 28.2 Å². The van der Waals surface area contributed by atoms with Crippen LogP contribution < -0.4 is 31.1 Å².